The first kappa shape index (κ1) is 20.3. The molecule has 0 bridgehead atoms. The highest BCUT2D eigenvalue weighted by molar-refractivity contribution is 9.10. The summed E-state index contributed by atoms with van der Waals surface area (Å²) in [6.45, 7) is 1.81. The molecule has 0 aliphatic heterocycles. The summed E-state index contributed by atoms with van der Waals surface area (Å²) in [6, 6.07) is 13.8. The van der Waals surface area contributed by atoms with Gasteiger partial charge in [0.15, 0.2) is 6.61 Å². The van der Waals surface area contributed by atoms with E-state index >= 15 is 0 Å². The average molecular weight is 440 g/mol. The number of ether oxygens (including phenoxy) is 1. The standard InChI is InChI=1S/C19H20BrClN2O3/c1-13(19(25)22-2)23(11-14-6-8-15(20)9-7-14)18(24)12-26-17-5-3-4-16(21)10-17/h3-10,13H,11-12H2,1-2H3,(H,22,25). The van der Waals surface area contributed by atoms with E-state index in [1.807, 2.05) is 24.3 Å². The molecule has 0 heterocycles. The van der Waals surface area contributed by atoms with E-state index < -0.39 is 6.04 Å². The molecule has 0 radical (unpaired) electrons. The third kappa shape index (κ3) is 5.75. The van der Waals surface area contributed by atoms with Crippen LogP contribution in [0.5, 0.6) is 5.75 Å². The number of halogens is 2. The molecule has 1 N–H and O–H groups in total. The Labute approximate surface area is 166 Å². The molecule has 2 amide bonds. The van der Waals surface area contributed by atoms with E-state index in [0.717, 1.165) is 10.0 Å². The largest absolute Gasteiger partial charge is 0.484 e. The predicted molar refractivity (Wildman–Crippen MR) is 105 cm³/mol. The Morgan fingerprint density at radius 2 is 1.92 bits per heavy atom. The van der Waals surface area contributed by atoms with Gasteiger partial charge in [0.05, 0.1) is 0 Å². The Bertz CT molecular complexity index is 768. The van der Waals surface area contributed by atoms with Crippen molar-refractivity contribution in [3.63, 3.8) is 0 Å². The third-order valence-electron chi connectivity index (χ3n) is 3.84. The monoisotopic (exact) mass is 438 g/mol. The van der Waals surface area contributed by atoms with Gasteiger partial charge in [0, 0.05) is 23.1 Å². The minimum absolute atomic E-state index is 0.182. The van der Waals surface area contributed by atoms with Gasteiger partial charge in [-0.25, -0.2) is 0 Å². The maximum atomic E-state index is 12.7. The second-order valence-corrected chi connectivity index (χ2v) is 7.04. The van der Waals surface area contributed by atoms with Crippen LogP contribution in [-0.2, 0) is 16.1 Å². The quantitative estimate of drug-likeness (QED) is 0.716. The van der Waals surface area contributed by atoms with Crippen molar-refractivity contribution >= 4 is 39.3 Å². The molecule has 26 heavy (non-hydrogen) atoms. The van der Waals surface area contributed by atoms with Crippen molar-refractivity contribution in [3.05, 3.63) is 63.6 Å². The molecule has 2 aromatic rings. The number of benzene rings is 2. The zero-order chi connectivity index (χ0) is 19.1. The van der Waals surface area contributed by atoms with Crippen molar-refractivity contribution in [2.24, 2.45) is 0 Å². The summed E-state index contributed by atoms with van der Waals surface area (Å²) in [6.07, 6.45) is 0. The van der Waals surface area contributed by atoms with Gasteiger partial charge >= 0.3 is 0 Å². The van der Waals surface area contributed by atoms with Crippen molar-refractivity contribution in [2.75, 3.05) is 13.7 Å². The highest BCUT2D eigenvalue weighted by atomic mass is 79.9. The van der Waals surface area contributed by atoms with E-state index in [4.69, 9.17) is 16.3 Å². The van der Waals surface area contributed by atoms with Crippen molar-refractivity contribution in [2.45, 2.75) is 19.5 Å². The summed E-state index contributed by atoms with van der Waals surface area (Å²) >= 11 is 9.31. The van der Waals surface area contributed by atoms with Gasteiger partial charge in [0.1, 0.15) is 11.8 Å². The summed E-state index contributed by atoms with van der Waals surface area (Å²) in [5, 5.41) is 3.11. The van der Waals surface area contributed by atoms with Crippen molar-refractivity contribution in [3.8, 4) is 5.75 Å². The summed E-state index contributed by atoms with van der Waals surface area (Å²) in [4.78, 5) is 26.3. The van der Waals surface area contributed by atoms with Crippen molar-refractivity contribution < 1.29 is 14.3 Å². The lowest BCUT2D eigenvalue weighted by Crippen LogP contribution is -2.48. The van der Waals surface area contributed by atoms with Crippen LogP contribution in [0.1, 0.15) is 12.5 Å². The fourth-order valence-electron chi connectivity index (χ4n) is 2.36. The van der Waals surface area contributed by atoms with E-state index in [9.17, 15) is 9.59 Å². The highest BCUT2D eigenvalue weighted by Gasteiger charge is 2.25. The molecule has 2 rings (SSSR count). The topological polar surface area (TPSA) is 58.6 Å². The number of nitrogens with zero attached hydrogens (tertiary/aromatic N) is 1. The molecule has 138 valence electrons. The number of nitrogens with one attached hydrogen (secondary N) is 1. The summed E-state index contributed by atoms with van der Waals surface area (Å²) in [5.41, 5.74) is 0.917. The van der Waals surface area contributed by atoms with Crippen LogP contribution in [0.3, 0.4) is 0 Å². The molecule has 1 unspecified atom stereocenters. The molecular formula is C19H20BrClN2O3. The SMILES string of the molecule is CNC(=O)C(C)N(Cc1ccc(Br)cc1)C(=O)COc1cccc(Cl)c1. The zero-order valence-corrected chi connectivity index (χ0v) is 16.9. The van der Waals surface area contributed by atoms with Crippen LogP contribution < -0.4 is 10.1 Å². The van der Waals surface area contributed by atoms with Gasteiger partial charge in [0.2, 0.25) is 5.91 Å². The number of carbonyl (C=O) groups excluding carboxylic acids is 2. The summed E-state index contributed by atoms with van der Waals surface area (Å²) in [5.74, 6) is -0.0238. The smallest absolute Gasteiger partial charge is 0.261 e. The lowest BCUT2D eigenvalue weighted by atomic mass is 10.1. The van der Waals surface area contributed by atoms with Gasteiger partial charge in [-0.3, -0.25) is 9.59 Å². The number of amides is 2. The second kappa shape index (κ2) is 9.59. The number of hydrogen-bond acceptors (Lipinski definition) is 3. The maximum absolute atomic E-state index is 12.7. The summed E-state index contributed by atoms with van der Waals surface area (Å²) < 4.78 is 6.48. The van der Waals surface area contributed by atoms with E-state index in [-0.39, 0.29) is 18.4 Å². The first-order chi connectivity index (χ1) is 12.4. The Morgan fingerprint density at radius 3 is 2.54 bits per heavy atom. The molecule has 2 aromatic carbocycles. The van der Waals surface area contributed by atoms with Crippen molar-refractivity contribution in [1.29, 1.82) is 0 Å². The van der Waals surface area contributed by atoms with E-state index in [1.165, 1.54) is 4.90 Å². The molecule has 0 saturated carbocycles. The van der Waals surface area contributed by atoms with E-state index in [2.05, 4.69) is 21.2 Å². The van der Waals surface area contributed by atoms with Gasteiger partial charge < -0.3 is 15.0 Å². The van der Waals surface area contributed by atoms with Gasteiger partial charge in [-0.15, -0.1) is 0 Å². The lowest BCUT2D eigenvalue weighted by molar-refractivity contribution is -0.142. The number of hydrogen-bond donors (Lipinski definition) is 1. The molecule has 0 spiro atoms. The Hall–Kier alpha value is -2.05. The lowest BCUT2D eigenvalue weighted by Gasteiger charge is -2.28. The van der Waals surface area contributed by atoms with E-state index in [1.54, 1.807) is 38.2 Å². The minimum Gasteiger partial charge on any atom is -0.484 e. The van der Waals surface area contributed by atoms with Gasteiger partial charge in [0.25, 0.3) is 5.91 Å². The molecule has 0 aliphatic rings. The van der Waals surface area contributed by atoms with Crippen LogP contribution in [0.4, 0.5) is 0 Å². The second-order valence-electron chi connectivity index (χ2n) is 5.68. The third-order valence-corrected chi connectivity index (χ3v) is 4.60. The predicted octanol–water partition coefficient (Wildman–Crippen LogP) is 3.64. The van der Waals surface area contributed by atoms with Crippen molar-refractivity contribution in [1.82, 2.24) is 10.2 Å². The fourth-order valence-corrected chi connectivity index (χ4v) is 2.81. The van der Waals surface area contributed by atoms with Gasteiger partial charge in [-0.1, -0.05) is 45.7 Å². The molecule has 0 fully saturated rings. The van der Waals surface area contributed by atoms with Crippen LogP contribution >= 0.6 is 27.5 Å². The van der Waals surface area contributed by atoms with Crippen LogP contribution in [0.2, 0.25) is 5.02 Å². The minimum atomic E-state index is -0.626. The molecule has 1 atom stereocenters. The first-order valence-corrected chi connectivity index (χ1v) is 9.21. The molecule has 7 heteroatoms. The van der Waals surface area contributed by atoms with Crippen LogP contribution in [-0.4, -0.2) is 36.4 Å². The average Bonchev–Trinajstić information content (AvgIpc) is 2.64. The molecule has 0 aliphatic carbocycles. The molecule has 5 nitrogen and oxygen atoms in total. The Kier molecular flexibility index (Phi) is 7.48. The summed E-state index contributed by atoms with van der Waals surface area (Å²) in [7, 11) is 1.55. The molecular weight excluding hydrogens is 420 g/mol. The van der Waals surface area contributed by atoms with Crippen LogP contribution in [0, 0.1) is 0 Å². The molecule has 0 saturated heterocycles. The van der Waals surface area contributed by atoms with Crippen LogP contribution in [0.25, 0.3) is 0 Å². The van der Waals surface area contributed by atoms with Gasteiger partial charge in [-0.05, 0) is 42.8 Å². The van der Waals surface area contributed by atoms with Gasteiger partial charge in [-0.2, -0.15) is 0 Å². The first-order valence-electron chi connectivity index (χ1n) is 8.04. The Balaban J connectivity index is 2.12. The molecule has 0 aromatic heterocycles. The highest BCUT2D eigenvalue weighted by Crippen LogP contribution is 2.18. The number of carbonyl (C=O) groups is 2. The number of rotatable bonds is 7. The Morgan fingerprint density at radius 1 is 1.23 bits per heavy atom. The van der Waals surface area contributed by atoms with E-state index in [0.29, 0.717) is 17.3 Å². The normalized spacial score (nSPS) is 11.5. The van der Waals surface area contributed by atoms with Crippen LogP contribution in [0.15, 0.2) is 53.0 Å². The zero-order valence-electron chi connectivity index (χ0n) is 14.5. The maximum Gasteiger partial charge on any atom is 0.261 e. The fraction of sp³-hybridized carbons (Fsp3) is 0.263. The number of likely N-dealkylation sites (N-methyl/N-ethyl adjacent to an activating group) is 1.